The van der Waals surface area contributed by atoms with E-state index >= 15 is 0 Å². The van der Waals surface area contributed by atoms with Crippen molar-refractivity contribution in [2.45, 2.75) is 52.5 Å². The van der Waals surface area contributed by atoms with Crippen molar-refractivity contribution in [3.8, 4) is 11.5 Å². The molecule has 0 radical (unpaired) electrons. The first-order chi connectivity index (χ1) is 10.2. The number of rotatable bonds is 11. The summed E-state index contributed by atoms with van der Waals surface area (Å²) in [5.74, 6) is 1.33. The van der Waals surface area contributed by atoms with Crippen LogP contribution in [0.1, 0.15) is 51.5 Å². The molecule has 0 unspecified atom stereocenters. The molecule has 0 amide bonds. The quantitative estimate of drug-likeness (QED) is 0.595. The summed E-state index contributed by atoms with van der Waals surface area (Å²) in [5, 5.41) is 4.06. The van der Waals surface area contributed by atoms with E-state index in [1.54, 1.807) is 7.11 Å². The molecular formula is C17H28ClNO2. The first-order valence-corrected chi connectivity index (χ1v) is 8.30. The maximum Gasteiger partial charge on any atom is 0.179 e. The maximum atomic E-state index is 6.26. The second kappa shape index (κ2) is 10.7. The van der Waals surface area contributed by atoms with Gasteiger partial charge in [0.25, 0.3) is 0 Å². The molecule has 4 heteroatoms. The van der Waals surface area contributed by atoms with Crippen molar-refractivity contribution >= 4 is 11.6 Å². The number of unbranched alkanes of at least 4 members (excludes halogenated alkanes) is 4. The summed E-state index contributed by atoms with van der Waals surface area (Å²) < 4.78 is 10.9. The van der Waals surface area contributed by atoms with E-state index in [0.717, 1.165) is 18.7 Å². The zero-order chi connectivity index (χ0) is 15.5. The number of ether oxygens (including phenoxy) is 2. The highest BCUT2D eigenvalue weighted by molar-refractivity contribution is 6.32. The van der Waals surface area contributed by atoms with Crippen LogP contribution in [-0.2, 0) is 6.54 Å². The summed E-state index contributed by atoms with van der Waals surface area (Å²) in [7, 11) is 1.64. The molecule has 0 heterocycles. The van der Waals surface area contributed by atoms with Crippen LogP contribution in [0, 0.1) is 0 Å². The minimum Gasteiger partial charge on any atom is -0.493 e. The van der Waals surface area contributed by atoms with Crippen LogP contribution in [0.15, 0.2) is 12.1 Å². The summed E-state index contributed by atoms with van der Waals surface area (Å²) in [6.45, 7) is 6.59. The second-order valence-corrected chi connectivity index (χ2v) is 5.54. The molecule has 0 saturated heterocycles. The first-order valence-electron chi connectivity index (χ1n) is 7.92. The van der Waals surface area contributed by atoms with Gasteiger partial charge in [0.2, 0.25) is 0 Å². The first kappa shape index (κ1) is 18.1. The topological polar surface area (TPSA) is 30.5 Å². The van der Waals surface area contributed by atoms with Gasteiger partial charge >= 0.3 is 0 Å². The van der Waals surface area contributed by atoms with Crippen LogP contribution in [0.25, 0.3) is 0 Å². The average Bonchev–Trinajstić information content (AvgIpc) is 2.48. The number of nitrogens with one attached hydrogen (secondary N) is 1. The minimum atomic E-state index is 0.575. The molecule has 0 aromatic heterocycles. The van der Waals surface area contributed by atoms with E-state index in [1.807, 2.05) is 19.1 Å². The lowest BCUT2D eigenvalue weighted by Crippen LogP contribution is -2.14. The molecule has 0 saturated carbocycles. The molecule has 1 aromatic carbocycles. The lowest BCUT2D eigenvalue weighted by Gasteiger charge is -2.13. The molecule has 1 N–H and O–H groups in total. The second-order valence-electron chi connectivity index (χ2n) is 5.13. The van der Waals surface area contributed by atoms with Gasteiger partial charge in [-0.15, -0.1) is 0 Å². The average molecular weight is 314 g/mol. The van der Waals surface area contributed by atoms with E-state index < -0.39 is 0 Å². The minimum absolute atomic E-state index is 0.575. The molecule has 0 fully saturated rings. The summed E-state index contributed by atoms with van der Waals surface area (Å²) in [5.41, 5.74) is 1.12. The summed E-state index contributed by atoms with van der Waals surface area (Å²) >= 11 is 6.26. The summed E-state index contributed by atoms with van der Waals surface area (Å²) in [6, 6.07) is 3.93. The molecule has 0 bridgehead atoms. The lowest BCUT2D eigenvalue weighted by atomic mass is 10.1. The molecule has 0 aliphatic carbocycles. The molecule has 0 aliphatic heterocycles. The SMILES string of the molecule is CCCCCCCNCc1cc(Cl)c(OCC)c(OC)c1. The third-order valence-electron chi connectivity index (χ3n) is 3.36. The molecule has 120 valence electrons. The molecule has 1 rings (SSSR count). The van der Waals surface area contributed by atoms with E-state index in [9.17, 15) is 0 Å². The van der Waals surface area contributed by atoms with Crippen molar-refractivity contribution < 1.29 is 9.47 Å². The highest BCUT2D eigenvalue weighted by Gasteiger charge is 2.11. The van der Waals surface area contributed by atoms with Crippen LogP contribution in [0.2, 0.25) is 5.02 Å². The van der Waals surface area contributed by atoms with Crippen LogP contribution in [0.5, 0.6) is 11.5 Å². The number of benzene rings is 1. The fourth-order valence-electron chi connectivity index (χ4n) is 2.25. The number of hydrogen-bond acceptors (Lipinski definition) is 3. The largest absolute Gasteiger partial charge is 0.493 e. The highest BCUT2D eigenvalue weighted by Crippen LogP contribution is 2.36. The van der Waals surface area contributed by atoms with Crippen molar-refractivity contribution in [1.29, 1.82) is 0 Å². The zero-order valence-corrected chi connectivity index (χ0v) is 14.3. The van der Waals surface area contributed by atoms with Crippen molar-refractivity contribution in [2.24, 2.45) is 0 Å². The summed E-state index contributed by atoms with van der Waals surface area (Å²) in [6.07, 6.45) is 6.49. The summed E-state index contributed by atoms with van der Waals surface area (Å²) in [4.78, 5) is 0. The third-order valence-corrected chi connectivity index (χ3v) is 3.64. The van der Waals surface area contributed by atoms with Gasteiger partial charge in [0.15, 0.2) is 11.5 Å². The van der Waals surface area contributed by atoms with Gasteiger partial charge in [-0.2, -0.15) is 0 Å². The van der Waals surface area contributed by atoms with Crippen LogP contribution >= 0.6 is 11.6 Å². The van der Waals surface area contributed by atoms with Gasteiger partial charge in [0, 0.05) is 6.54 Å². The third kappa shape index (κ3) is 6.58. The Bertz CT molecular complexity index is 410. The zero-order valence-electron chi connectivity index (χ0n) is 13.5. The predicted octanol–water partition coefficient (Wildman–Crippen LogP) is 4.81. The Morgan fingerprint density at radius 1 is 1.10 bits per heavy atom. The fraction of sp³-hybridized carbons (Fsp3) is 0.647. The molecule has 21 heavy (non-hydrogen) atoms. The van der Waals surface area contributed by atoms with Gasteiger partial charge in [-0.1, -0.05) is 44.2 Å². The van der Waals surface area contributed by atoms with Gasteiger partial charge in [-0.05, 0) is 37.6 Å². The Hall–Kier alpha value is -0.930. The van der Waals surface area contributed by atoms with Crippen molar-refractivity contribution in [3.63, 3.8) is 0 Å². The van der Waals surface area contributed by atoms with E-state index in [0.29, 0.717) is 23.1 Å². The molecule has 1 aromatic rings. The highest BCUT2D eigenvalue weighted by atomic mass is 35.5. The van der Waals surface area contributed by atoms with Gasteiger partial charge in [-0.3, -0.25) is 0 Å². The Kier molecular flexibility index (Phi) is 9.27. The number of hydrogen-bond donors (Lipinski definition) is 1. The lowest BCUT2D eigenvalue weighted by molar-refractivity contribution is 0.311. The Labute approximate surface area is 134 Å². The van der Waals surface area contributed by atoms with E-state index in [1.165, 1.54) is 32.1 Å². The predicted molar refractivity (Wildman–Crippen MR) is 89.6 cm³/mol. The molecule has 0 spiro atoms. The maximum absolute atomic E-state index is 6.26. The van der Waals surface area contributed by atoms with Gasteiger partial charge < -0.3 is 14.8 Å². The fourth-order valence-corrected chi connectivity index (χ4v) is 2.53. The Morgan fingerprint density at radius 2 is 1.86 bits per heavy atom. The van der Waals surface area contributed by atoms with E-state index in [2.05, 4.69) is 12.2 Å². The van der Waals surface area contributed by atoms with Crippen LogP contribution < -0.4 is 14.8 Å². The van der Waals surface area contributed by atoms with Crippen molar-refractivity contribution in [1.82, 2.24) is 5.32 Å². The Balaban J connectivity index is 2.43. The molecular weight excluding hydrogens is 286 g/mol. The Morgan fingerprint density at radius 3 is 2.52 bits per heavy atom. The van der Waals surface area contributed by atoms with Crippen LogP contribution in [0.4, 0.5) is 0 Å². The van der Waals surface area contributed by atoms with Crippen molar-refractivity contribution in [2.75, 3.05) is 20.3 Å². The smallest absolute Gasteiger partial charge is 0.179 e. The number of methoxy groups -OCH3 is 1. The van der Waals surface area contributed by atoms with E-state index in [4.69, 9.17) is 21.1 Å². The molecule has 3 nitrogen and oxygen atoms in total. The van der Waals surface area contributed by atoms with Crippen molar-refractivity contribution in [3.05, 3.63) is 22.7 Å². The standard InChI is InChI=1S/C17H28ClNO2/c1-4-6-7-8-9-10-19-13-14-11-15(18)17(21-5-2)16(12-14)20-3/h11-12,19H,4-10,13H2,1-3H3. The van der Waals surface area contributed by atoms with Gasteiger partial charge in [-0.25, -0.2) is 0 Å². The van der Waals surface area contributed by atoms with Crippen LogP contribution in [-0.4, -0.2) is 20.3 Å². The van der Waals surface area contributed by atoms with E-state index in [-0.39, 0.29) is 0 Å². The normalized spacial score (nSPS) is 10.7. The molecule has 0 atom stereocenters. The molecule has 0 aliphatic rings. The monoisotopic (exact) mass is 313 g/mol. The van der Waals surface area contributed by atoms with Crippen LogP contribution in [0.3, 0.4) is 0 Å². The van der Waals surface area contributed by atoms with Gasteiger partial charge in [0.05, 0.1) is 18.7 Å². The number of halogens is 1. The van der Waals surface area contributed by atoms with Gasteiger partial charge in [0.1, 0.15) is 0 Å².